The Kier molecular flexibility index (Phi) is 6.07. The summed E-state index contributed by atoms with van der Waals surface area (Å²) in [5, 5.41) is 14.0. The highest BCUT2D eigenvalue weighted by atomic mass is 16.2. The van der Waals surface area contributed by atoms with Gasteiger partial charge in [0.25, 0.3) is 5.91 Å². The molecule has 1 saturated heterocycles. The fraction of sp³-hybridized carbons (Fsp3) is 0.524. The number of anilines is 1. The highest BCUT2D eigenvalue weighted by molar-refractivity contribution is 5.91. The fourth-order valence-electron chi connectivity index (χ4n) is 3.73. The molecule has 1 aromatic heterocycles. The third-order valence-corrected chi connectivity index (χ3v) is 5.62. The van der Waals surface area contributed by atoms with Gasteiger partial charge < -0.3 is 15.5 Å². The molecule has 0 spiro atoms. The molecule has 2 N–H and O–H groups in total. The smallest absolute Gasteiger partial charge is 0.322 e. The number of aromatic nitrogens is 3. The van der Waals surface area contributed by atoms with Crippen molar-refractivity contribution in [3.8, 4) is 0 Å². The number of likely N-dealkylation sites (tertiary alicyclic amines) is 1. The molecule has 3 amide bonds. The Morgan fingerprint density at radius 1 is 1.10 bits per heavy atom. The number of piperidine rings is 1. The zero-order chi connectivity index (χ0) is 20.1. The Labute approximate surface area is 170 Å². The van der Waals surface area contributed by atoms with Gasteiger partial charge in [-0.15, -0.1) is 5.10 Å². The average molecular weight is 396 g/mol. The minimum Gasteiger partial charge on any atom is -0.350 e. The van der Waals surface area contributed by atoms with Crippen LogP contribution in [-0.4, -0.2) is 51.0 Å². The van der Waals surface area contributed by atoms with Gasteiger partial charge in [-0.1, -0.05) is 23.4 Å². The van der Waals surface area contributed by atoms with Gasteiger partial charge in [0.15, 0.2) is 5.69 Å². The van der Waals surface area contributed by atoms with Gasteiger partial charge in [0.05, 0.1) is 6.20 Å². The van der Waals surface area contributed by atoms with Crippen molar-refractivity contribution in [2.45, 2.75) is 51.1 Å². The van der Waals surface area contributed by atoms with Gasteiger partial charge in [0, 0.05) is 31.4 Å². The largest absolute Gasteiger partial charge is 0.350 e. The summed E-state index contributed by atoms with van der Waals surface area (Å²) in [5.74, 6) is 0.470. The minimum atomic E-state index is -0.162. The lowest BCUT2D eigenvalue weighted by molar-refractivity contribution is 0.0946. The highest BCUT2D eigenvalue weighted by Crippen LogP contribution is 2.27. The van der Waals surface area contributed by atoms with E-state index < -0.39 is 0 Å². The molecule has 2 fully saturated rings. The Bertz CT molecular complexity index is 833. The number of carbonyl (C=O) groups is 2. The first-order valence-electron chi connectivity index (χ1n) is 10.5. The van der Waals surface area contributed by atoms with Crippen LogP contribution in [0.25, 0.3) is 0 Å². The summed E-state index contributed by atoms with van der Waals surface area (Å²) in [6, 6.07) is 9.63. The minimum absolute atomic E-state index is 0.0559. The van der Waals surface area contributed by atoms with Gasteiger partial charge in [-0.05, 0) is 56.6 Å². The van der Waals surface area contributed by atoms with E-state index in [-0.39, 0.29) is 18.0 Å². The van der Waals surface area contributed by atoms with Crippen molar-refractivity contribution in [1.29, 1.82) is 0 Å². The van der Waals surface area contributed by atoms with Gasteiger partial charge in [-0.2, -0.15) is 0 Å². The van der Waals surface area contributed by atoms with Crippen molar-refractivity contribution in [2.75, 3.05) is 18.4 Å². The van der Waals surface area contributed by atoms with E-state index in [0.29, 0.717) is 18.2 Å². The maximum atomic E-state index is 12.7. The topological polar surface area (TPSA) is 92.2 Å². The molecule has 8 nitrogen and oxygen atoms in total. The summed E-state index contributed by atoms with van der Waals surface area (Å²) in [5.41, 5.74) is 1.16. The summed E-state index contributed by atoms with van der Waals surface area (Å²) < 4.78 is 1.70. The number of hydrogen-bond acceptors (Lipinski definition) is 4. The molecule has 1 aliphatic carbocycles. The molecule has 2 aliphatic rings. The maximum Gasteiger partial charge on any atom is 0.322 e. The standard InChI is InChI=1S/C21H28N6O2/c28-20(22-14-16-9-10-16)19-15-26(25-24-19)13-11-18-8-4-5-12-27(18)21(29)23-17-6-2-1-3-7-17/h1-3,6-7,15-16,18H,4-5,8-14H2,(H,22,28)(H,23,29). The zero-order valence-electron chi connectivity index (χ0n) is 16.6. The van der Waals surface area contributed by atoms with Crippen molar-refractivity contribution in [3.63, 3.8) is 0 Å². The van der Waals surface area contributed by atoms with E-state index in [1.54, 1.807) is 10.9 Å². The third-order valence-electron chi connectivity index (χ3n) is 5.62. The van der Waals surface area contributed by atoms with Crippen LogP contribution in [0.1, 0.15) is 49.0 Å². The van der Waals surface area contributed by atoms with Crippen molar-refractivity contribution < 1.29 is 9.59 Å². The van der Waals surface area contributed by atoms with E-state index in [1.165, 1.54) is 12.8 Å². The maximum absolute atomic E-state index is 12.7. The number of rotatable bonds is 7. The molecule has 1 atom stereocenters. The van der Waals surface area contributed by atoms with Crippen LogP contribution in [-0.2, 0) is 6.54 Å². The molecule has 2 aromatic rings. The van der Waals surface area contributed by atoms with Gasteiger partial charge in [-0.3, -0.25) is 9.48 Å². The van der Waals surface area contributed by atoms with E-state index in [1.807, 2.05) is 35.2 Å². The second kappa shape index (κ2) is 9.07. The molecule has 154 valence electrons. The van der Waals surface area contributed by atoms with Crippen LogP contribution in [0.3, 0.4) is 0 Å². The van der Waals surface area contributed by atoms with E-state index in [0.717, 1.165) is 44.5 Å². The Balaban J connectivity index is 1.30. The van der Waals surface area contributed by atoms with Crippen molar-refractivity contribution in [3.05, 3.63) is 42.2 Å². The SMILES string of the molecule is O=C(NCC1CC1)c1cn(CCC2CCCCN2C(=O)Nc2ccccc2)nn1. The Morgan fingerprint density at radius 2 is 1.93 bits per heavy atom. The number of carbonyl (C=O) groups excluding carboxylic acids is 2. The summed E-state index contributed by atoms with van der Waals surface area (Å²) >= 11 is 0. The predicted molar refractivity (Wildman–Crippen MR) is 110 cm³/mol. The summed E-state index contributed by atoms with van der Waals surface area (Å²) in [7, 11) is 0. The van der Waals surface area contributed by atoms with Crippen LogP contribution < -0.4 is 10.6 Å². The van der Waals surface area contributed by atoms with E-state index >= 15 is 0 Å². The molecular formula is C21H28N6O2. The van der Waals surface area contributed by atoms with Crippen molar-refractivity contribution >= 4 is 17.6 Å². The molecule has 4 rings (SSSR count). The second-order valence-electron chi connectivity index (χ2n) is 7.95. The van der Waals surface area contributed by atoms with Crippen LogP contribution >= 0.6 is 0 Å². The molecule has 0 bridgehead atoms. The first-order valence-corrected chi connectivity index (χ1v) is 10.5. The number of hydrogen-bond donors (Lipinski definition) is 2. The van der Waals surface area contributed by atoms with E-state index in [9.17, 15) is 9.59 Å². The first-order chi connectivity index (χ1) is 14.2. The lowest BCUT2D eigenvalue weighted by Gasteiger charge is -2.35. The van der Waals surface area contributed by atoms with Gasteiger partial charge >= 0.3 is 6.03 Å². The summed E-state index contributed by atoms with van der Waals surface area (Å²) in [6.45, 7) is 2.11. The molecule has 0 radical (unpaired) electrons. The number of nitrogens with one attached hydrogen (secondary N) is 2. The second-order valence-corrected chi connectivity index (χ2v) is 7.95. The quantitative estimate of drug-likeness (QED) is 0.753. The number of aryl methyl sites for hydroxylation is 1. The summed E-state index contributed by atoms with van der Waals surface area (Å²) in [4.78, 5) is 26.8. The lowest BCUT2D eigenvalue weighted by atomic mass is 10.00. The average Bonchev–Trinajstić information content (AvgIpc) is 3.46. The van der Waals surface area contributed by atoms with E-state index in [2.05, 4.69) is 20.9 Å². The highest BCUT2D eigenvalue weighted by Gasteiger charge is 2.27. The van der Waals surface area contributed by atoms with Gasteiger partial charge in [0.2, 0.25) is 0 Å². The predicted octanol–water partition coefficient (Wildman–Crippen LogP) is 2.89. The monoisotopic (exact) mass is 396 g/mol. The Morgan fingerprint density at radius 3 is 2.72 bits per heavy atom. The number of urea groups is 1. The van der Waals surface area contributed by atoms with Gasteiger partial charge in [0.1, 0.15) is 0 Å². The van der Waals surface area contributed by atoms with E-state index in [4.69, 9.17) is 0 Å². The van der Waals surface area contributed by atoms with Crippen LogP contribution in [0.5, 0.6) is 0 Å². The number of nitrogens with zero attached hydrogens (tertiary/aromatic N) is 4. The van der Waals surface area contributed by atoms with Gasteiger partial charge in [-0.25, -0.2) is 4.79 Å². The molecule has 1 unspecified atom stereocenters. The molecule has 1 saturated carbocycles. The number of para-hydroxylation sites is 1. The van der Waals surface area contributed by atoms with Crippen molar-refractivity contribution in [1.82, 2.24) is 25.2 Å². The number of benzene rings is 1. The molecule has 29 heavy (non-hydrogen) atoms. The van der Waals surface area contributed by atoms with Crippen LogP contribution in [0, 0.1) is 5.92 Å². The van der Waals surface area contributed by atoms with Crippen molar-refractivity contribution in [2.24, 2.45) is 5.92 Å². The normalized spacial score (nSPS) is 19.0. The molecule has 2 heterocycles. The number of amides is 3. The fourth-order valence-corrected chi connectivity index (χ4v) is 3.73. The first kappa shape index (κ1) is 19.4. The van der Waals surface area contributed by atoms with Crippen LogP contribution in [0.15, 0.2) is 36.5 Å². The summed E-state index contributed by atoms with van der Waals surface area (Å²) in [6.07, 6.45) is 7.99. The molecular weight excluding hydrogens is 368 g/mol. The molecule has 1 aliphatic heterocycles. The lowest BCUT2D eigenvalue weighted by Crippen LogP contribution is -2.46. The third kappa shape index (κ3) is 5.34. The van der Waals surface area contributed by atoms with Crippen LogP contribution in [0.2, 0.25) is 0 Å². The zero-order valence-corrected chi connectivity index (χ0v) is 16.6. The molecule has 8 heteroatoms. The Hall–Kier alpha value is -2.90. The molecule has 1 aromatic carbocycles. The van der Waals surface area contributed by atoms with Crippen LogP contribution in [0.4, 0.5) is 10.5 Å².